The summed E-state index contributed by atoms with van der Waals surface area (Å²) in [5.74, 6) is -1.98. The second-order valence-corrected chi connectivity index (χ2v) is 10.1. The van der Waals surface area contributed by atoms with Crippen LogP contribution in [0, 0.1) is 6.92 Å². The molecule has 2 atom stereocenters. The second kappa shape index (κ2) is 14.0. The van der Waals surface area contributed by atoms with Gasteiger partial charge in [-0.25, -0.2) is 4.79 Å². The van der Waals surface area contributed by atoms with E-state index in [4.69, 9.17) is 4.74 Å². The number of benzene rings is 2. The van der Waals surface area contributed by atoms with Crippen LogP contribution < -0.4 is 10.6 Å². The van der Waals surface area contributed by atoms with Crippen molar-refractivity contribution in [3.8, 4) is 11.5 Å². The third-order valence-corrected chi connectivity index (χ3v) is 5.71. The van der Waals surface area contributed by atoms with Crippen molar-refractivity contribution >= 4 is 23.9 Å². The van der Waals surface area contributed by atoms with Crippen molar-refractivity contribution in [1.29, 1.82) is 0 Å². The van der Waals surface area contributed by atoms with Crippen LogP contribution in [-0.2, 0) is 30.3 Å². The zero-order valence-corrected chi connectivity index (χ0v) is 23.4. The third-order valence-electron chi connectivity index (χ3n) is 5.71. The maximum Gasteiger partial charge on any atom is 0.408 e. The minimum absolute atomic E-state index is 0.00383. The maximum absolute atomic E-state index is 14.1. The Hall–Kier alpha value is -4.54. The highest BCUT2D eigenvalue weighted by molar-refractivity contribution is 5.93. The molecular weight excluding hydrogens is 518 g/mol. The van der Waals surface area contributed by atoms with Gasteiger partial charge in [-0.1, -0.05) is 24.3 Å². The van der Waals surface area contributed by atoms with Crippen LogP contribution >= 0.6 is 0 Å². The van der Waals surface area contributed by atoms with Crippen molar-refractivity contribution in [3.05, 3.63) is 71.8 Å². The highest BCUT2D eigenvalue weighted by Gasteiger charge is 2.36. The fraction of sp³-hybridized carbons (Fsp3) is 0.379. The Kier molecular flexibility index (Phi) is 11.1. The number of aryl methyl sites for hydroxylation is 1. The van der Waals surface area contributed by atoms with E-state index >= 15 is 0 Å². The molecule has 40 heavy (non-hydrogen) atoms. The first-order valence-corrected chi connectivity index (χ1v) is 12.6. The lowest BCUT2D eigenvalue weighted by molar-refractivity contribution is -0.144. The standard InChI is InChI=1S/C29H37N3O8/c1-7-14-32(25(26(36)30-17-24(35)39-6)20-10-13-23(34)18(2)15-20)27(37)22(31-28(38)40-29(3,4)5)16-19-8-11-21(33)12-9-19/h7-13,15,22,25,33-34H,1,14,16-17H2,2-6H3,(H,30,36)(H,31,38). The minimum Gasteiger partial charge on any atom is -0.508 e. The number of nitrogens with one attached hydrogen (secondary N) is 2. The summed E-state index contributed by atoms with van der Waals surface area (Å²) in [4.78, 5) is 53.3. The normalized spacial score (nSPS) is 12.4. The molecule has 0 fully saturated rings. The molecule has 11 nitrogen and oxygen atoms in total. The van der Waals surface area contributed by atoms with Crippen LogP contribution in [0.1, 0.15) is 43.5 Å². The zero-order chi connectivity index (χ0) is 30.0. The molecule has 0 aliphatic carbocycles. The van der Waals surface area contributed by atoms with Crippen LogP contribution in [0.15, 0.2) is 55.1 Å². The highest BCUT2D eigenvalue weighted by atomic mass is 16.6. The van der Waals surface area contributed by atoms with Crippen molar-refractivity contribution in [3.63, 3.8) is 0 Å². The molecule has 0 aromatic heterocycles. The summed E-state index contributed by atoms with van der Waals surface area (Å²) in [5.41, 5.74) is 0.602. The van der Waals surface area contributed by atoms with Gasteiger partial charge in [0.05, 0.1) is 7.11 Å². The molecule has 11 heteroatoms. The Labute approximate surface area is 233 Å². The van der Waals surface area contributed by atoms with Crippen LogP contribution in [0.25, 0.3) is 0 Å². The van der Waals surface area contributed by atoms with Gasteiger partial charge in [-0.05, 0) is 68.7 Å². The molecule has 2 aromatic carbocycles. The first-order valence-electron chi connectivity index (χ1n) is 12.6. The molecular formula is C29H37N3O8. The Bertz CT molecular complexity index is 1220. The Morgan fingerprint density at radius 2 is 1.73 bits per heavy atom. The van der Waals surface area contributed by atoms with E-state index in [2.05, 4.69) is 21.9 Å². The van der Waals surface area contributed by atoms with Crippen molar-refractivity contribution in [2.24, 2.45) is 0 Å². The number of carbonyl (C=O) groups excluding carboxylic acids is 4. The van der Waals surface area contributed by atoms with E-state index in [1.807, 2.05) is 0 Å². The summed E-state index contributed by atoms with van der Waals surface area (Å²) < 4.78 is 9.98. The lowest BCUT2D eigenvalue weighted by atomic mass is 9.98. The molecule has 2 aromatic rings. The summed E-state index contributed by atoms with van der Waals surface area (Å²) in [6, 6.07) is 8.10. The Morgan fingerprint density at radius 3 is 2.27 bits per heavy atom. The summed E-state index contributed by atoms with van der Waals surface area (Å²) in [7, 11) is 1.18. The van der Waals surface area contributed by atoms with Crippen molar-refractivity contribution < 1.29 is 38.9 Å². The second-order valence-electron chi connectivity index (χ2n) is 10.1. The number of hydrogen-bond acceptors (Lipinski definition) is 8. The van der Waals surface area contributed by atoms with Crippen LogP contribution in [0.2, 0.25) is 0 Å². The Balaban J connectivity index is 2.55. The molecule has 0 radical (unpaired) electrons. The van der Waals surface area contributed by atoms with Gasteiger partial charge in [0.2, 0.25) is 11.8 Å². The van der Waals surface area contributed by atoms with Crippen LogP contribution in [-0.4, -0.2) is 70.8 Å². The fourth-order valence-electron chi connectivity index (χ4n) is 3.83. The number of ether oxygens (including phenoxy) is 2. The number of phenolic OH excluding ortho intramolecular Hbond substituents is 2. The number of phenols is 2. The number of hydrogen-bond donors (Lipinski definition) is 4. The number of aromatic hydroxyl groups is 2. The fourth-order valence-corrected chi connectivity index (χ4v) is 3.83. The summed E-state index contributed by atoms with van der Waals surface area (Å²) in [6.45, 7) is 9.87. The van der Waals surface area contributed by atoms with Gasteiger partial charge in [-0.2, -0.15) is 0 Å². The smallest absolute Gasteiger partial charge is 0.408 e. The summed E-state index contributed by atoms with van der Waals surface area (Å²) in [6.07, 6.45) is 0.601. The molecule has 3 amide bonds. The van der Waals surface area contributed by atoms with Gasteiger partial charge in [-0.15, -0.1) is 6.58 Å². The average Bonchev–Trinajstić information content (AvgIpc) is 2.88. The van der Waals surface area contributed by atoms with E-state index in [9.17, 15) is 29.4 Å². The number of esters is 1. The van der Waals surface area contributed by atoms with Crippen LogP contribution in [0.3, 0.4) is 0 Å². The number of amides is 3. The van der Waals surface area contributed by atoms with Gasteiger partial charge in [0.25, 0.3) is 0 Å². The first-order chi connectivity index (χ1) is 18.7. The van der Waals surface area contributed by atoms with E-state index in [0.29, 0.717) is 16.7 Å². The topological polar surface area (TPSA) is 154 Å². The molecule has 216 valence electrons. The number of alkyl carbamates (subject to hydrolysis) is 1. The molecule has 2 rings (SSSR count). The monoisotopic (exact) mass is 555 g/mol. The summed E-state index contributed by atoms with van der Waals surface area (Å²) in [5, 5.41) is 24.8. The predicted molar refractivity (Wildman–Crippen MR) is 147 cm³/mol. The lowest BCUT2D eigenvalue weighted by Crippen LogP contribution is -2.54. The number of methoxy groups -OCH3 is 1. The van der Waals surface area contributed by atoms with Gasteiger partial charge in [0, 0.05) is 13.0 Å². The van der Waals surface area contributed by atoms with Crippen LogP contribution in [0.5, 0.6) is 11.5 Å². The maximum atomic E-state index is 14.1. The molecule has 2 unspecified atom stereocenters. The SMILES string of the molecule is C=CCN(C(=O)C(Cc1ccc(O)cc1)NC(=O)OC(C)(C)C)C(C(=O)NCC(=O)OC)c1ccc(O)c(C)c1. The largest absolute Gasteiger partial charge is 0.508 e. The Morgan fingerprint density at radius 1 is 1.07 bits per heavy atom. The molecule has 0 spiro atoms. The van der Waals surface area contributed by atoms with Gasteiger partial charge in [-0.3, -0.25) is 14.4 Å². The molecule has 0 saturated carbocycles. The summed E-state index contributed by atoms with van der Waals surface area (Å²) >= 11 is 0. The zero-order valence-electron chi connectivity index (χ0n) is 23.4. The molecule has 0 heterocycles. The highest BCUT2D eigenvalue weighted by Crippen LogP contribution is 2.27. The van der Waals surface area contributed by atoms with Gasteiger partial charge < -0.3 is 35.2 Å². The van der Waals surface area contributed by atoms with E-state index in [1.165, 1.54) is 42.4 Å². The molecule has 0 aliphatic rings. The van der Waals surface area contributed by atoms with Crippen LogP contribution in [0.4, 0.5) is 4.79 Å². The first kappa shape index (κ1) is 31.7. The lowest BCUT2D eigenvalue weighted by Gasteiger charge is -2.34. The number of rotatable bonds is 11. The minimum atomic E-state index is -1.27. The molecule has 0 aliphatic heterocycles. The number of nitrogens with zero attached hydrogens (tertiary/aromatic N) is 1. The molecule has 0 saturated heterocycles. The van der Waals surface area contributed by atoms with Crippen molar-refractivity contribution in [2.45, 2.75) is 51.8 Å². The number of carbonyl (C=O) groups is 4. The van der Waals surface area contributed by atoms with Gasteiger partial charge >= 0.3 is 12.1 Å². The molecule has 4 N–H and O–H groups in total. The van der Waals surface area contributed by atoms with Crippen molar-refractivity contribution in [2.75, 3.05) is 20.2 Å². The van der Waals surface area contributed by atoms with Gasteiger partial charge in [0.15, 0.2) is 0 Å². The van der Waals surface area contributed by atoms with Gasteiger partial charge in [0.1, 0.15) is 35.7 Å². The van der Waals surface area contributed by atoms with E-state index in [1.54, 1.807) is 45.9 Å². The van der Waals surface area contributed by atoms with E-state index in [-0.39, 0.29) is 24.5 Å². The predicted octanol–water partition coefficient (Wildman–Crippen LogP) is 2.89. The quantitative estimate of drug-likeness (QED) is 0.244. The average molecular weight is 556 g/mol. The van der Waals surface area contributed by atoms with E-state index < -0.39 is 48.1 Å². The third kappa shape index (κ3) is 9.33. The van der Waals surface area contributed by atoms with E-state index in [0.717, 1.165) is 0 Å². The molecule has 0 bridgehead atoms. The van der Waals surface area contributed by atoms with Crippen molar-refractivity contribution in [1.82, 2.24) is 15.5 Å².